The van der Waals surface area contributed by atoms with E-state index in [4.69, 9.17) is 28.9 Å². The third kappa shape index (κ3) is 2.44. The Labute approximate surface area is 110 Å². The van der Waals surface area contributed by atoms with Crippen LogP contribution in [-0.2, 0) is 0 Å². The predicted molar refractivity (Wildman–Crippen MR) is 70.4 cm³/mol. The highest BCUT2D eigenvalue weighted by atomic mass is 35.5. The lowest BCUT2D eigenvalue weighted by molar-refractivity contribution is 0.0921. The van der Waals surface area contributed by atoms with Crippen LogP contribution in [0.2, 0.25) is 5.02 Å². The molecule has 1 aliphatic rings. The molecule has 1 atom stereocenters. The molecule has 4 heteroatoms. The van der Waals surface area contributed by atoms with E-state index in [0.717, 1.165) is 0 Å². The number of hydrogen-bond donors (Lipinski definition) is 1. The minimum Gasteiger partial charge on any atom is -0.315 e. The highest BCUT2D eigenvalue weighted by Gasteiger charge is 2.34. The van der Waals surface area contributed by atoms with Crippen molar-refractivity contribution in [2.75, 3.05) is 0 Å². The quantitative estimate of drug-likeness (QED) is 0.836. The van der Waals surface area contributed by atoms with Gasteiger partial charge in [0.15, 0.2) is 5.78 Å². The Balaban J connectivity index is 2.39. The van der Waals surface area contributed by atoms with Gasteiger partial charge < -0.3 is 5.73 Å². The summed E-state index contributed by atoms with van der Waals surface area (Å²) < 4.78 is 0. The Morgan fingerprint density at radius 1 is 1.29 bits per heavy atom. The number of carbonyl (C=O) groups excluding carboxylic acids is 1. The molecule has 88 valence electrons. The molecule has 0 amide bonds. The van der Waals surface area contributed by atoms with Gasteiger partial charge in [-0.1, -0.05) is 41.4 Å². The summed E-state index contributed by atoms with van der Waals surface area (Å²) in [5, 5.41) is 0.876. The highest BCUT2D eigenvalue weighted by Crippen LogP contribution is 2.27. The summed E-state index contributed by atoms with van der Waals surface area (Å²) in [4.78, 5) is 12.3. The Kier molecular flexibility index (Phi) is 3.38. The molecule has 0 aliphatic heterocycles. The van der Waals surface area contributed by atoms with Crippen molar-refractivity contribution < 1.29 is 4.79 Å². The van der Waals surface area contributed by atoms with E-state index < -0.39 is 5.54 Å². The SMILES string of the molecule is NC1(C(=O)c2ccccc2Cl)C=C(Cl)C=CC1. The summed E-state index contributed by atoms with van der Waals surface area (Å²) in [6.07, 6.45) is 5.51. The lowest BCUT2D eigenvalue weighted by atomic mass is 9.84. The van der Waals surface area contributed by atoms with E-state index in [1.54, 1.807) is 42.5 Å². The molecule has 0 fully saturated rings. The second-order valence-electron chi connectivity index (χ2n) is 3.99. The van der Waals surface area contributed by atoms with Crippen molar-refractivity contribution in [2.45, 2.75) is 12.0 Å². The zero-order chi connectivity index (χ0) is 12.5. The molecule has 0 spiro atoms. The van der Waals surface area contributed by atoms with Crippen molar-refractivity contribution in [2.24, 2.45) is 5.73 Å². The van der Waals surface area contributed by atoms with Crippen LogP contribution in [0.5, 0.6) is 0 Å². The van der Waals surface area contributed by atoms with Gasteiger partial charge in [-0.2, -0.15) is 0 Å². The molecule has 0 saturated carbocycles. The van der Waals surface area contributed by atoms with Gasteiger partial charge in [0.05, 0.1) is 5.02 Å². The monoisotopic (exact) mass is 267 g/mol. The van der Waals surface area contributed by atoms with Crippen molar-refractivity contribution in [1.82, 2.24) is 0 Å². The number of ketones is 1. The van der Waals surface area contributed by atoms with Crippen molar-refractivity contribution in [1.29, 1.82) is 0 Å². The van der Waals surface area contributed by atoms with Gasteiger partial charge in [-0.15, -0.1) is 0 Å². The number of nitrogens with two attached hydrogens (primary N) is 1. The minimum atomic E-state index is -1.10. The molecule has 0 radical (unpaired) electrons. The first-order valence-corrected chi connectivity index (χ1v) is 5.92. The first kappa shape index (κ1) is 12.4. The Morgan fingerprint density at radius 3 is 2.65 bits per heavy atom. The molecule has 0 heterocycles. The van der Waals surface area contributed by atoms with E-state index in [-0.39, 0.29) is 5.78 Å². The fraction of sp³-hybridized carbons (Fsp3) is 0.154. The zero-order valence-corrected chi connectivity index (χ0v) is 10.5. The summed E-state index contributed by atoms with van der Waals surface area (Å²) >= 11 is 11.9. The lowest BCUT2D eigenvalue weighted by Crippen LogP contribution is -2.46. The van der Waals surface area contributed by atoms with E-state index in [1.165, 1.54) is 0 Å². The summed E-state index contributed by atoms with van der Waals surface area (Å²) in [6, 6.07) is 6.86. The fourth-order valence-electron chi connectivity index (χ4n) is 1.77. The first-order chi connectivity index (χ1) is 8.03. The number of benzene rings is 1. The Hall–Kier alpha value is -1.09. The molecule has 2 nitrogen and oxygen atoms in total. The van der Waals surface area contributed by atoms with Gasteiger partial charge in [-0.25, -0.2) is 0 Å². The normalized spacial score (nSPS) is 23.4. The molecule has 2 N–H and O–H groups in total. The van der Waals surface area contributed by atoms with Gasteiger partial charge >= 0.3 is 0 Å². The van der Waals surface area contributed by atoms with E-state index in [1.807, 2.05) is 0 Å². The third-order valence-electron chi connectivity index (χ3n) is 2.67. The van der Waals surface area contributed by atoms with E-state index in [2.05, 4.69) is 0 Å². The van der Waals surface area contributed by atoms with Gasteiger partial charge in [0.1, 0.15) is 5.54 Å². The average Bonchev–Trinajstić information content (AvgIpc) is 2.28. The highest BCUT2D eigenvalue weighted by molar-refractivity contribution is 6.35. The molecule has 1 aromatic rings. The lowest BCUT2D eigenvalue weighted by Gasteiger charge is -2.26. The van der Waals surface area contributed by atoms with Crippen molar-refractivity contribution in [3.8, 4) is 0 Å². The van der Waals surface area contributed by atoms with Crippen LogP contribution in [-0.4, -0.2) is 11.3 Å². The van der Waals surface area contributed by atoms with Crippen LogP contribution in [0, 0.1) is 0 Å². The van der Waals surface area contributed by atoms with E-state index >= 15 is 0 Å². The van der Waals surface area contributed by atoms with Gasteiger partial charge in [0, 0.05) is 10.6 Å². The van der Waals surface area contributed by atoms with Gasteiger partial charge in [0.2, 0.25) is 0 Å². The largest absolute Gasteiger partial charge is 0.315 e. The zero-order valence-electron chi connectivity index (χ0n) is 8.99. The maximum absolute atomic E-state index is 12.3. The number of rotatable bonds is 2. The number of halogens is 2. The van der Waals surface area contributed by atoms with Crippen molar-refractivity contribution >= 4 is 29.0 Å². The van der Waals surface area contributed by atoms with Gasteiger partial charge in [0.25, 0.3) is 0 Å². The minimum absolute atomic E-state index is 0.217. The Morgan fingerprint density at radius 2 is 2.00 bits per heavy atom. The third-order valence-corrected chi connectivity index (χ3v) is 3.23. The Bertz CT molecular complexity index is 522. The molecule has 1 aliphatic carbocycles. The molecule has 0 saturated heterocycles. The summed E-state index contributed by atoms with van der Waals surface area (Å²) in [7, 11) is 0. The topological polar surface area (TPSA) is 43.1 Å². The molecule has 1 aromatic carbocycles. The average molecular weight is 268 g/mol. The predicted octanol–water partition coefficient (Wildman–Crippen LogP) is 3.30. The molecule has 2 rings (SSSR count). The van der Waals surface area contributed by atoms with Crippen LogP contribution in [0.4, 0.5) is 0 Å². The van der Waals surface area contributed by atoms with E-state index in [0.29, 0.717) is 22.0 Å². The molecule has 1 unspecified atom stereocenters. The van der Waals surface area contributed by atoms with Crippen molar-refractivity contribution in [3.63, 3.8) is 0 Å². The maximum atomic E-state index is 12.3. The van der Waals surface area contributed by atoms with Crippen LogP contribution in [0.25, 0.3) is 0 Å². The van der Waals surface area contributed by atoms with Crippen molar-refractivity contribution in [3.05, 3.63) is 58.1 Å². The summed E-state index contributed by atoms with van der Waals surface area (Å²) in [5.74, 6) is -0.217. The van der Waals surface area contributed by atoms with E-state index in [9.17, 15) is 4.79 Å². The summed E-state index contributed by atoms with van der Waals surface area (Å²) in [5.41, 5.74) is 5.40. The molecule has 0 bridgehead atoms. The van der Waals surface area contributed by atoms with Crippen LogP contribution in [0.1, 0.15) is 16.8 Å². The summed E-state index contributed by atoms with van der Waals surface area (Å²) in [6.45, 7) is 0. The van der Waals surface area contributed by atoms with Crippen LogP contribution >= 0.6 is 23.2 Å². The fourth-order valence-corrected chi connectivity index (χ4v) is 2.28. The van der Waals surface area contributed by atoms with Gasteiger partial charge in [-0.05, 0) is 30.7 Å². The number of allylic oxidation sites excluding steroid dienone is 2. The number of hydrogen-bond acceptors (Lipinski definition) is 2. The first-order valence-electron chi connectivity index (χ1n) is 5.16. The maximum Gasteiger partial charge on any atom is 0.188 e. The number of Topliss-reactive ketones (excluding diaryl/α,β-unsaturated/α-hetero) is 1. The molecule has 0 aromatic heterocycles. The second kappa shape index (κ2) is 4.65. The molecular weight excluding hydrogens is 257 g/mol. The van der Waals surface area contributed by atoms with Crippen LogP contribution < -0.4 is 5.73 Å². The molecule has 17 heavy (non-hydrogen) atoms. The van der Waals surface area contributed by atoms with Gasteiger partial charge in [-0.3, -0.25) is 4.79 Å². The van der Waals surface area contributed by atoms with Crippen LogP contribution in [0.3, 0.4) is 0 Å². The van der Waals surface area contributed by atoms with Crippen LogP contribution in [0.15, 0.2) is 47.5 Å². The second-order valence-corrected chi connectivity index (χ2v) is 4.83. The standard InChI is InChI=1S/C13H11Cl2NO/c14-9-4-3-7-13(16,8-9)12(17)10-5-1-2-6-11(10)15/h1-6,8H,7,16H2. The molecular formula is C13H11Cl2NO. The number of carbonyl (C=O) groups is 1. The smallest absolute Gasteiger partial charge is 0.188 e.